The Balaban J connectivity index is 1.91. The molecule has 1 aromatic carbocycles. The van der Waals surface area contributed by atoms with E-state index >= 15 is 0 Å². The lowest BCUT2D eigenvalue weighted by atomic mass is 9.88. The van der Waals surface area contributed by atoms with E-state index in [0.29, 0.717) is 5.69 Å². The molecule has 0 spiro atoms. The second-order valence-corrected chi connectivity index (χ2v) is 7.64. The van der Waals surface area contributed by atoms with Crippen molar-refractivity contribution in [1.29, 1.82) is 0 Å². The number of nitrogens with one attached hydrogen (secondary N) is 2. The monoisotopic (exact) mass is 392 g/mol. The predicted molar refractivity (Wildman–Crippen MR) is 104 cm³/mol. The van der Waals surface area contributed by atoms with Crippen LogP contribution in [-0.4, -0.2) is 29.9 Å². The van der Waals surface area contributed by atoms with Gasteiger partial charge < -0.3 is 15.4 Å². The fourth-order valence-corrected chi connectivity index (χ4v) is 3.21. The number of hydrogen-bond donors (Lipinski definition) is 2. The summed E-state index contributed by atoms with van der Waals surface area (Å²) in [5.41, 5.74) is 0.403. The van der Waals surface area contributed by atoms with Crippen LogP contribution in [0.1, 0.15) is 52.9 Å². The van der Waals surface area contributed by atoms with E-state index in [2.05, 4.69) is 10.6 Å². The molecule has 2 rings (SSSR count). The minimum Gasteiger partial charge on any atom is -0.451 e. The summed E-state index contributed by atoms with van der Waals surface area (Å²) in [6.07, 6.45) is 3.81. The Morgan fingerprint density at radius 3 is 2.21 bits per heavy atom. The van der Waals surface area contributed by atoms with Gasteiger partial charge in [0.2, 0.25) is 5.91 Å². The summed E-state index contributed by atoms with van der Waals surface area (Å²) in [4.78, 5) is 37.3. The first-order chi connectivity index (χ1) is 13.3. The lowest BCUT2D eigenvalue weighted by Crippen LogP contribution is -2.49. The molecule has 1 aliphatic rings. The number of hydrogen-bond acceptors (Lipinski definition) is 4. The normalized spacial score (nSPS) is 16.9. The number of amides is 2. The summed E-state index contributed by atoms with van der Waals surface area (Å²) >= 11 is 0. The average Bonchev–Trinajstić information content (AvgIpc) is 2.67. The molecule has 0 radical (unpaired) electrons. The van der Waals surface area contributed by atoms with Crippen molar-refractivity contribution in [1.82, 2.24) is 5.32 Å². The Morgan fingerprint density at radius 2 is 1.64 bits per heavy atom. The van der Waals surface area contributed by atoms with Gasteiger partial charge in [0.15, 0.2) is 6.10 Å². The number of anilines is 1. The van der Waals surface area contributed by atoms with Crippen molar-refractivity contribution in [3.8, 4) is 0 Å². The van der Waals surface area contributed by atoms with Gasteiger partial charge in [0.05, 0.1) is 0 Å². The number of halogens is 1. The highest BCUT2D eigenvalue weighted by Gasteiger charge is 2.31. The molecule has 0 unspecified atom stereocenters. The van der Waals surface area contributed by atoms with Crippen LogP contribution in [-0.2, 0) is 19.1 Å². The number of benzene rings is 1. The highest BCUT2D eigenvalue weighted by Crippen LogP contribution is 2.24. The number of rotatable bonds is 7. The van der Waals surface area contributed by atoms with Crippen LogP contribution in [0, 0.1) is 17.7 Å². The van der Waals surface area contributed by atoms with Crippen LogP contribution in [0.2, 0.25) is 0 Å². The summed E-state index contributed by atoms with van der Waals surface area (Å²) < 4.78 is 18.2. The van der Waals surface area contributed by atoms with E-state index in [4.69, 9.17) is 4.74 Å². The van der Waals surface area contributed by atoms with Gasteiger partial charge in [0, 0.05) is 11.6 Å². The van der Waals surface area contributed by atoms with Crippen molar-refractivity contribution in [3.05, 3.63) is 30.1 Å². The Morgan fingerprint density at radius 1 is 1.04 bits per heavy atom. The van der Waals surface area contributed by atoms with Crippen LogP contribution in [0.5, 0.6) is 0 Å². The maximum Gasteiger partial charge on any atom is 0.329 e. The second kappa shape index (κ2) is 10.2. The van der Waals surface area contributed by atoms with E-state index in [9.17, 15) is 18.8 Å². The van der Waals surface area contributed by atoms with Crippen molar-refractivity contribution in [3.63, 3.8) is 0 Å². The van der Waals surface area contributed by atoms with Gasteiger partial charge in [-0.3, -0.25) is 9.59 Å². The molecule has 6 nitrogen and oxygen atoms in total. The molecule has 0 heterocycles. The smallest absolute Gasteiger partial charge is 0.329 e. The topological polar surface area (TPSA) is 84.5 Å². The average molecular weight is 392 g/mol. The van der Waals surface area contributed by atoms with Crippen LogP contribution < -0.4 is 10.6 Å². The van der Waals surface area contributed by atoms with Gasteiger partial charge in [-0.15, -0.1) is 0 Å². The van der Waals surface area contributed by atoms with Crippen molar-refractivity contribution >= 4 is 23.5 Å². The van der Waals surface area contributed by atoms with Gasteiger partial charge in [-0.1, -0.05) is 33.1 Å². The summed E-state index contributed by atoms with van der Waals surface area (Å²) in [7, 11) is 0. The summed E-state index contributed by atoms with van der Waals surface area (Å²) in [5, 5.41) is 5.36. The largest absolute Gasteiger partial charge is 0.451 e. The van der Waals surface area contributed by atoms with E-state index in [-0.39, 0.29) is 17.7 Å². The molecule has 7 heteroatoms. The minimum atomic E-state index is -1.05. The number of esters is 1. The van der Waals surface area contributed by atoms with Crippen molar-refractivity contribution in [2.75, 3.05) is 5.32 Å². The zero-order valence-electron chi connectivity index (χ0n) is 16.7. The number of carbonyl (C=O) groups excluding carboxylic acids is 3. The molecule has 0 saturated heterocycles. The summed E-state index contributed by atoms with van der Waals surface area (Å²) in [6, 6.07) is 4.48. The van der Waals surface area contributed by atoms with Crippen LogP contribution in [0.4, 0.5) is 10.1 Å². The van der Waals surface area contributed by atoms with Crippen LogP contribution in [0.25, 0.3) is 0 Å². The van der Waals surface area contributed by atoms with Gasteiger partial charge in [-0.2, -0.15) is 0 Å². The van der Waals surface area contributed by atoms with Crippen molar-refractivity contribution < 1.29 is 23.5 Å². The molecular formula is C21H29FN2O4. The minimum absolute atomic E-state index is 0.0676. The standard InChI is InChI=1S/C21H29FN2O4/c1-13(2)18(24-20(26)15-7-5-4-6-8-15)21(27)28-14(3)19(25)23-17-11-9-16(22)10-12-17/h9-15,18H,4-8H2,1-3H3,(H,23,25)(H,24,26)/t14-,18-/m0/s1. The molecule has 28 heavy (non-hydrogen) atoms. The van der Waals surface area contributed by atoms with E-state index in [1.54, 1.807) is 0 Å². The first kappa shape index (κ1) is 21.9. The Bertz CT molecular complexity index is 684. The predicted octanol–water partition coefficient (Wildman–Crippen LogP) is 3.42. The maximum atomic E-state index is 12.9. The molecule has 2 N–H and O–H groups in total. The second-order valence-electron chi connectivity index (χ2n) is 7.64. The molecular weight excluding hydrogens is 363 g/mol. The van der Waals surface area contributed by atoms with E-state index < -0.39 is 29.8 Å². The highest BCUT2D eigenvalue weighted by molar-refractivity contribution is 5.95. The van der Waals surface area contributed by atoms with Gasteiger partial charge >= 0.3 is 5.97 Å². The lowest BCUT2D eigenvalue weighted by Gasteiger charge is -2.26. The molecule has 2 atom stereocenters. The summed E-state index contributed by atoms with van der Waals surface area (Å²) in [6.45, 7) is 5.09. The van der Waals surface area contributed by atoms with Gasteiger partial charge in [-0.25, -0.2) is 9.18 Å². The SMILES string of the molecule is CC(C)[C@H](NC(=O)C1CCCCC1)C(=O)O[C@@H](C)C(=O)Nc1ccc(F)cc1. The third-order valence-corrected chi connectivity index (χ3v) is 4.97. The molecule has 1 aliphatic carbocycles. The number of ether oxygens (including phenoxy) is 1. The quantitative estimate of drug-likeness (QED) is 0.697. The Labute approximate surface area is 165 Å². The first-order valence-corrected chi connectivity index (χ1v) is 9.85. The number of carbonyl (C=O) groups is 3. The van der Waals surface area contributed by atoms with E-state index in [0.717, 1.165) is 32.1 Å². The Hall–Kier alpha value is -2.44. The van der Waals surface area contributed by atoms with Crippen molar-refractivity contribution in [2.45, 2.75) is 65.0 Å². The van der Waals surface area contributed by atoms with Crippen LogP contribution in [0.15, 0.2) is 24.3 Å². The van der Waals surface area contributed by atoms with Gasteiger partial charge in [0.25, 0.3) is 5.91 Å². The Kier molecular flexibility index (Phi) is 7.96. The molecule has 0 aliphatic heterocycles. The molecule has 2 amide bonds. The van der Waals surface area contributed by atoms with Crippen molar-refractivity contribution in [2.24, 2.45) is 11.8 Å². The summed E-state index contributed by atoms with van der Waals surface area (Å²) in [5.74, 6) is -1.94. The molecule has 0 bridgehead atoms. The van der Waals surface area contributed by atoms with E-state index in [1.807, 2.05) is 13.8 Å². The molecule has 154 valence electrons. The molecule has 1 fully saturated rings. The lowest BCUT2D eigenvalue weighted by molar-refractivity contribution is -0.157. The van der Waals surface area contributed by atoms with Gasteiger partial charge in [-0.05, 0) is 49.9 Å². The fourth-order valence-electron chi connectivity index (χ4n) is 3.21. The van der Waals surface area contributed by atoms with Gasteiger partial charge in [0.1, 0.15) is 11.9 Å². The third-order valence-electron chi connectivity index (χ3n) is 4.97. The molecule has 1 saturated carbocycles. The zero-order chi connectivity index (χ0) is 20.7. The van der Waals surface area contributed by atoms with Crippen LogP contribution >= 0.6 is 0 Å². The van der Waals surface area contributed by atoms with E-state index in [1.165, 1.54) is 31.2 Å². The van der Waals surface area contributed by atoms with Crippen LogP contribution in [0.3, 0.4) is 0 Å². The zero-order valence-corrected chi connectivity index (χ0v) is 16.7. The third kappa shape index (κ3) is 6.32. The molecule has 0 aromatic heterocycles. The fraction of sp³-hybridized carbons (Fsp3) is 0.571. The maximum absolute atomic E-state index is 12.9. The molecule has 1 aromatic rings. The first-order valence-electron chi connectivity index (χ1n) is 9.85. The highest BCUT2D eigenvalue weighted by atomic mass is 19.1.